The Morgan fingerprint density at radius 3 is 2.63 bits per heavy atom. The average molecular weight is 268 g/mol. The van der Waals surface area contributed by atoms with E-state index >= 15 is 0 Å². The van der Waals surface area contributed by atoms with Gasteiger partial charge in [-0.05, 0) is 19.8 Å². The molecule has 106 valence electrons. The second kappa shape index (κ2) is 5.59. The van der Waals surface area contributed by atoms with Gasteiger partial charge in [-0.1, -0.05) is 0 Å². The van der Waals surface area contributed by atoms with Gasteiger partial charge in [-0.15, -0.1) is 0 Å². The van der Waals surface area contributed by atoms with Crippen LogP contribution in [0.5, 0.6) is 0 Å². The Balaban J connectivity index is 1.96. The lowest BCUT2D eigenvalue weighted by molar-refractivity contribution is -0.146. The van der Waals surface area contributed by atoms with Gasteiger partial charge in [0.05, 0.1) is 11.8 Å². The normalized spacial score (nSPS) is 27.7. The number of nitrogens with zero attached hydrogens (tertiary/aromatic N) is 2. The van der Waals surface area contributed by atoms with Crippen LogP contribution in [0, 0.1) is 11.8 Å². The van der Waals surface area contributed by atoms with E-state index in [0.717, 1.165) is 6.42 Å². The maximum atomic E-state index is 12.3. The highest BCUT2D eigenvalue weighted by molar-refractivity contribution is 5.89. The first-order chi connectivity index (χ1) is 9.02. The van der Waals surface area contributed by atoms with Gasteiger partial charge in [0.25, 0.3) is 0 Å². The molecule has 2 atom stereocenters. The molecular formula is C13H20N2O4. The van der Waals surface area contributed by atoms with Crippen molar-refractivity contribution < 1.29 is 19.5 Å². The van der Waals surface area contributed by atoms with Gasteiger partial charge in [0.2, 0.25) is 11.8 Å². The molecule has 0 aliphatic carbocycles. The van der Waals surface area contributed by atoms with Crippen LogP contribution in [0.25, 0.3) is 0 Å². The number of likely N-dealkylation sites (tertiary alicyclic amines) is 2. The van der Waals surface area contributed by atoms with Crippen molar-refractivity contribution in [3.8, 4) is 0 Å². The summed E-state index contributed by atoms with van der Waals surface area (Å²) in [6, 6.07) is 0. The highest BCUT2D eigenvalue weighted by Gasteiger charge is 2.37. The van der Waals surface area contributed by atoms with Crippen LogP contribution in [0.15, 0.2) is 0 Å². The first-order valence-corrected chi connectivity index (χ1v) is 6.82. The maximum absolute atomic E-state index is 12.3. The van der Waals surface area contributed by atoms with Crippen LogP contribution in [0.1, 0.15) is 26.2 Å². The molecule has 1 unspecified atom stereocenters. The number of carbonyl (C=O) groups is 3. The molecule has 2 saturated heterocycles. The van der Waals surface area contributed by atoms with Crippen LogP contribution in [0.4, 0.5) is 0 Å². The first-order valence-electron chi connectivity index (χ1n) is 6.82. The Bertz CT molecular complexity index is 396. The van der Waals surface area contributed by atoms with Crippen molar-refractivity contribution in [3.63, 3.8) is 0 Å². The van der Waals surface area contributed by atoms with Gasteiger partial charge in [0, 0.05) is 32.6 Å². The molecule has 0 aromatic rings. The van der Waals surface area contributed by atoms with Crippen molar-refractivity contribution in [3.05, 3.63) is 0 Å². The third-order valence-electron chi connectivity index (χ3n) is 4.03. The number of amides is 2. The summed E-state index contributed by atoms with van der Waals surface area (Å²) in [6.45, 7) is 3.89. The van der Waals surface area contributed by atoms with E-state index in [-0.39, 0.29) is 30.7 Å². The van der Waals surface area contributed by atoms with Gasteiger partial charge in [-0.25, -0.2) is 0 Å². The topological polar surface area (TPSA) is 77.9 Å². The molecule has 1 N–H and O–H groups in total. The van der Waals surface area contributed by atoms with Crippen LogP contribution in [0.2, 0.25) is 0 Å². The lowest BCUT2D eigenvalue weighted by Crippen LogP contribution is -2.45. The summed E-state index contributed by atoms with van der Waals surface area (Å²) in [6.07, 6.45) is 1.62. The maximum Gasteiger partial charge on any atom is 0.308 e. The van der Waals surface area contributed by atoms with E-state index in [9.17, 15) is 14.4 Å². The van der Waals surface area contributed by atoms with E-state index < -0.39 is 11.9 Å². The standard InChI is InChI=1S/C13H20N2O4/c1-2-14-8-10(6-11(14)16)12(17)15-5-3-4-9(7-15)13(18)19/h9-10H,2-8H2,1H3,(H,18,19)/t9-,10?/m1/s1. The molecule has 0 spiro atoms. The number of carboxylic acid groups (broad SMARTS) is 1. The average Bonchev–Trinajstić information content (AvgIpc) is 2.79. The number of rotatable bonds is 3. The molecule has 0 aromatic carbocycles. The Kier molecular flexibility index (Phi) is 4.07. The quantitative estimate of drug-likeness (QED) is 0.792. The largest absolute Gasteiger partial charge is 0.481 e. The number of hydrogen-bond donors (Lipinski definition) is 1. The lowest BCUT2D eigenvalue weighted by atomic mass is 9.96. The van der Waals surface area contributed by atoms with Gasteiger partial charge in [-0.2, -0.15) is 0 Å². The number of carboxylic acids is 1. The Morgan fingerprint density at radius 1 is 1.32 bits per heavy atom. The van der Waals surface area contributed by atoms with Crippen molar-refractivity contribution in [2.75, 3.05) is 26.2 Å². The van der Waals surface area contributed by atoms with Crippen molar-refractivity contribution in [2.24, 2.45) is 11.8 Å². The highest BCUT2D eigenvalue weighted by Crippen LogP contribution is 2.23. The van der Waals surface area contributed by atoms with Gasteiger partial charge in [0.1, 0.15) is 0 Å². The fraction of sp³-hybridized carbons (Fsp3) is 0.769. The molecule has 2 amide bonds. The van der Waals surface area contributed by atoms with E-state index in [2.05, 4.69) is 0 Å². The highest BCUT2D eigenvalue weighted by atomic mass is 16.4. The van der Waals surface area contributed by atoms with Crippen LogP contribution in [-0.2, 0) is 14.4 Å². The van der Waals surface area contributed by atoms with E-state index in [1.807, 2.05) is 6.92 Å². The van der Waals surface area contributed by atoms with Gasteiger partial charge < -0.3 is 14.9 Å². The summed E-state index contributed by atoms with van der Waals surface area (Å²) >= 11 is 0. The van der Waals surface area contributed by atoms with Crippen molar-refractivity contribution in [1.29, 1.82) is 0 Å². The Morgan fingerprint density at radius 2 is 2.05 bits per heavy atom. The SMILES string of the molecule is CCN1CC(C(=O)N2CCC[C@@H](C(=O)O)C2)CC1=O. The number of carbonyl (C=O) groups excluding carboxylic acids is 2. The summed E-state index contributed by atoms with van der Waals surface area (Å²) in [5, 5.41) is 9.03. The minimum absolute atomic E-state index is 0.0210. The number of piperidine rings is 1. The van der Waals surface area contributed by atoms with Crippen LogP contribution >= 0.6 is 0 Å². The number of aliphatic carboxylic acids is 1. The second-order valence-corrected chi connectivity index (χ2v) is 5.30. The van der Waals surface area contributed by atoms with Crippen LogP contribution in [0.3, 0.4) is 0 Å². The molecule has 0 saturated carbocycles. The number of hydrogen-bond acceptors (Lipinski definition) is 3. The Hall–Kier alpha value is -1.59. The zero-order chi connectivity index (χ0) is 14.0. The smallest absolute Gasteiger partial charge is 0.308 e. The summed E-state index contributed by atoms with van der Waals surface area (Å²) in [4.78, 5) is 38.3. The molecule has 6 heteroatoms. The molecule has 2 aliphatic rings. The van der Waals surface area contributed by atoms with Gasteiger partial charge >= 0.3 is 5.97 Å². The molecule has 2 aliphatic heterocycles. The van der Waals surface area contributed by atoms with Crippen LogP contribution in [-0.4, -0.2) is 58.9 Å². The first kappa shape index (κ1) is 13.8. The zero-order valence-corrected chi connectivity index (χ0v) is 11.2. The fourth-order valence-electron chi connectivity index (χ4n) is 2.88. The third kappa shape index (κ3) is 2.88. The van der Waals surface area contributed by atoms with Crippen molar-refractivity contribution in [1.82, 2.24) is 9.80 Å². The van der Waals surface area contributed by atoms with Crippen molar-refractivity contribution in [2.45, 2.75) is 26.2 Å². The second-order valence-electron chi connectivity index (χ2n) is 5.30. The molecule has 0 radical (unpaired) electrons. The van der Waals surface area contributed by atoms with Gasteiger partial charge in [0.15, 0.2) is 0 Å². The monoisotopic (exact) mass is 268 g/mol. The molecule has 0 bridgehead atoms. The summed E-state index contributed by atoms with van der Waals surface area (Å²) in [5.74, 6) is -1.63. The molecule has 0 aromatic heterocycles. The molecular weight excluding hydrogens is 248 g/mol. The Labute approximate surface area is 112 Å². The molecule has 2 heterocycles. The molecule has 6 nitrogen and oxygen atoms in total. The predicted molar refractivity (Wildman–Crippen MR) is 67.3 cm³/mol. The summed E-state index contributed by atoms with van der Waals surface area (Å²) in [7, 11) is 0. The molecule has 2 rings (SSSR count). The van der Waals surface area contributed by atoms with Crippen LogP contribution < -0.4 is 0 Å². The minimum Gasteiger partial charge on any atom is -0.481 e. The van der Waals surface area contributed by atoms with Crippen molar-refractivity contribution >= 4 is 17.8 Å². The van der Waals surface area contributed by atoms with E-state index in [1.54, 1.807) is 9.80 Å². The van der Waals surface area contributed by atoms with E-state index in [1.165, 1.54) is 0 Å². The molecule has 19 heavy (non-hydrogen) atoms. The fourth-order valence-corrected chi connectivity index (χ4v) is 2.88. The zero-order valence-electron chi connectivity index (χ0n) is 11.2. The predicted octanol–water partition coefficient (Wildman–Crippen LogP) is 0.178. The minimum atomic E-state index is -0.838. The molecule has 2 fully saturated rings. The summed E-state index contributed by atoms with van der Waals surface area (Å²) < 4.78 is 0. The van der Waals surface area contributed by atoms with Gasteiger partial charge in [-0.3, -0.25) is 14.4 Å². The third-order valence-corrected chi connectivity index (χ3v) is 4.03. The summed E-state index contributed by atoms with van der Waals surface area (Å²) in [5.41, 5.74) is 0. The van der Waals surface area contributed by atoms with E-state index in [0.29, 0.717) is 26.1 Å². The van der Waals surface area contributed by atoms with E-state index in [4.69, 9.17) is 5.11 Å². The lowest BCUT2D eigenvalue weighted by Gasteiger charge is -2.32.